The number of nitriles is 1. The second-order valence-electron chi connectivity index (χ2n) is 5.28. The van der Waals surface area contributed by atoms with Gasteiger partial charge in [0, 0.05) is 12.1 Å². The van der Waals surface area contributed by atoms with Gasteiger partial charge in [0.15, 0.2) is 13.2 Å². The number of nitro benzene ring substituents is 1. The third-order valence-corrected chi connectivity index (χ3v) is 3.32. The molecule has 0 aliphatic heterocycles. The van der Waals surface area contributed by atoms with Gasteiger partial charge in [0.05, 0.1) is 4.92 Å². The first-order chi connectivity index (χ1) is 13.5. The molecule has 9 nitrogen and oxygen atoms in total. The van der Waals surface area contributed by atoms with E-state index in [0.717, 1.165) is 6.08 Å². The molecule has 0 saturated carbocycles. The van der Waals surface area contributed by atoms with E-state index in [0.29, 0.717) is 11.3 Å². The van der Waals surface area contributed by atoms with Crippen LogP contribution in [0.2, 0.25) is 0 Å². The van der Waals surface area contributed by atoms with E-state index in [9.17, 15) is 19.7 Å². The van der Waals surface area contributed by atoms with E-state index in [1.807, 2.05) is 6.07 Å². The lowest BCUT2D eigenvalue weighted by Gasteiger charge is -2.06. The number of anilines is 1. The number of nitrogens with one attached hydrogen (secondary N) is 1. The predicted octanol–water partition coefficient (Wildman–Crippen LogP) is 2.69. The minimum Gasteiger partial charge on any atom is -0.479 e. The number of carbonyl (C=O) groups is 2. The number of rotatable bonds is 8. The first kappa shape index (κ1) is 20.1. The number of esters is 1. The fourth-order valence-electron chi connectivity index (χ4n) is 2.06. The Morgan fingerprint density at radius 2 is 1.89 bits per heavy atom. The second kappa shape index (κ2) is 10.1. The number of carbonyl (C=O) groups excluding carboxylic acids is 2. The number of para-hydroxylation sites is 2. The topological polar surface area (TPSA) is 132 Å². The number of nitrogens with zero attached hydrogens (tertiary/aromatic N) is 2. The minimum atomic E-state index is -0.748. The van der Waals surface area contributed by atoms with Crippen LogP contribution in [-0.4, -0.2) is 30.0 Å². The lowest BCUT2D eigenvalue weighted by atomic mass is 10.2. The average Bonchev–Trinajstić information content (AvgIpc) is 2.70. The summed E-state index contributed by atoms with van der Waals surface area (Å²) in [6.07, 6.45) is 2.62. The largest absolute Gasteiger partial charge is 0.479 e. The lowest BCUT2D eigenvalue weighted by molar-refractivity contribution is -0.383. The average molecular weight is 381 g/mol. The van der Waals surface area contributed by atoms with Gasteiger partial charge in [-0.05, 0) is 29.8 Å². The van der Waals surface area contributed by atoms with Crippen LogP contribution in [0.15, 0.2) is 54.6 Å². The SMILES string of the molecule is N#CCOc1ccc(/C=C/C(=O)OCC(=O)Nc2ccccc2[N+](=O)[O-])cc1. The smallest absolute Gasteiger partial charge is 0.331 e. The van der Waals surface area contributed by atoms with E-state index >= 15 is 0 Å². The van der Waals surface area contributed by atoms with Crippen LogP contribution >= 0.6 is 0 Å². The molecule has 1 N–H and O–H groups in total. The van der Waals surface area contributed by atoms with E-state index in [2.05, 4.69) is 5.32 Å². The van der Waals surface area contributed by atoms with Gasteiger partial charge < -0.3 is 14.8 Å². The zero-order chi connectivity index (χ0) is 20.4. The minimum absolute atomic E-state index is 0.0165. The van der Waals surface area contributed by atoms with Crippen molar-refractivity contribution >= 4 is 29.3 Å². The molecule has 2 aromatic carbocycles. The van der Waals surface area contributed by atoms with Gasteiger partial charge in [-0.3, -0.25) is 14.9 Å². The molecule has 0 atom stereocenters. The number of nitro groups is 1. The monoisotopic (exact) mass is 381 g/mol. The van der Waals surface area contributed by atoms with E-state index in [1.165, 1.54) is 30.3 Å². The highest BCUT2D eigenvalue weighted by atomic mass is 16.6. The molecule has 0 unspecified atom stereocenters. The van der Waals surface area contributed by atoms with Crippen molar-refractivity contribution in [1.29, 1.82) is 5.26 Å². The molecule has 0 aromatic heterocycles. The van der Waals surface area contributed by atoms with Crippen LogP contribution in [0.25, 0.3) is 6.08 Å². The van der Waals surface area contributed by atoms with Crippen LogP contribution in [0, 0.1) is 21.4 Å². The molecule has 28 heavy (non-hydrogen) atoms. The van der Waals surface area contributed by atoms with Crippen molar-refractivity contribution in [3.63, 3.8) is 0 Å². The van der Waals surface area contributed by atoms with Crippen molar-refractivity contribution in [2.75, 3.05) is 18.5 Å². The third kappa shape index (κ3) is 6.27. The molecule has 0 bridgehead atoms. The van der Waals surface area contributed by atoms with Crippen molar-refractivity contribution in [1.82, 2.24) is 0 Å². The zero-order valence-electron chi connectivity index (χ0n) is 14.5. The van der Waals surface area contributed by atoms with Crippen molar-refractivity contribution in [3.05, 3.63) is 70.3 Å². The molecule has 0 spiro atoms. The molecule has 1 amide bonds. The van der Waals surface area contributed by atoms with Crippen molar-refractivity contribution in [3.8, 4) is 11.8 Å². The summed E-state index contributed by atoms with van der Waals surface area (Å²) < 4.78 is 9.92. The molecule has 142 valence electrons. The maximum absolute atomic E-state index is 11.8. The first-order valence-electron chi connectivity index (χ1n) is 7.97. The standard InChI is InChI=1S/C19H15N3O6/c20-11-12-27-15-8-5-14(6-9-15)7-10-19(24)28-13-18(23)21-16-3-1-2-4-17(16)22(25)26/h1-10H,12-13H2,(H,21,23)/b10-7+. The Hall–Kier alpha value is -4.19. The Bertz CT molecular complexity index is 931. The summed E-state index contributed by atoms with van der Waals surface area (Å²) in [5.41, 5.74) is 0.442. The van der Waals surface area contributed by atoms with Crippen molar-refractivity contribution in [2.45, 2.75) is 0 Å². The van der Waals surface area contributed by atoms with Crippen molar-refractivity contribution < 1.29 is 24.0 Å². The van der Waals surface area contributed by atoms with Gasteiger partial charge in [-0.1, -0.05) is 24.3 Å². The predicted molar refractivity (Wildman–Crippen MR) is 99.3 cm³/mol. The van der Waals surface area contributed by atoms with Gasteiger partial charge in [0.25, 0.3) is 11.6 Å². The highest BCUT2D eigenvalue weighted by Crippen LogP contribution is 2.22. The molecule has 0 aliphatic carbocycles. The Morgan fingerprint density at radius 3 is 2.57 bits per heavy atom. The molecular formula is C19H15N3O6. The first-order valence-corrected chi connectivity index (χ1v) is 7.97. The van der Waals surface area contributed by atoms with Crippen LogP contribution in [0.3, 0.4) is 0 Å². The Kier molecular flexibility index (Phi) is 7.24. The van der Waals surface area contributed by atoms with E-state index in [-0.39, 0.29) is 18.0 Å². The molecular weight excluding hydrogens is 366 g/mol. The number of benzene rings is 2. The normalized spacial score (nSPS) is 10.1. The van der Waals surface area contributed by atoms with Gasteiger partial charge in [-0.15, -0.1) is 0 Å². The summed E-state index contributed by atoms with van der Waals surface area (Å²) >= 11 is 0. The number of ether oxygens (including phenoxy) is 2. The zero-order valence-corrected chi connectivity index (χ0v) is 14.5. The molecule has 9 heteroatoms. The number of amides is 1. The molecule has 2 rings (SSSR count). The Labute approximate surface area is 159 Å². The fourth-order valence-corrected chi connectivity index (χ4v) is 2.06. The maximum Gasteiger partial charge on any atom is 0.331 e. The summed E-state index contributed by atoms with van der Waals surface area (Å²) in [6.45, 7) is -0.647. The van der Waals surface area contributed by atoms with Gasteiger partial charge in [0.1, 0.15) is 17.5 Å². The van der Waals surface area contributed by atoms with Gasteiger partial charge in [-0.25, -0.2) is 4.79 Å². The lowest BCUT2D eigenvalue weighted by Crippen LogP contribution is -2.20. The summed E-state index contributed by atoms with van der Waals surface area (Å²) in [7, 11) is 0. The molecule has 0 saturated heterocycles. The van der Waals surface area contributed by atoms with Crippen LogP contribution < -0.4 is 10.1 Å². The van der Waals surface area contributed by atoms with Crippen molar-refractivity contribution in [2.24, 2.45) is 0 Å². The molecule has 0 aliphatic rings. The maximum atomic E-state index is 11.8. The highest BCUT2D eigenvalue weighted by molar-refractivity contribution is 5.96. The summed E-state index contributed by atoms with van der Waals surface area (Å²) in [4.78, 5) is 33.8. The Balaban J connectivity index is 1.83. The number of hydrogen-bond donors (Lipinski definition) is 1. The van der Waals surface area contributed by atoms with Crippen LogP contribution in [-0.2, 0) is 14.3 Å². The van der Waals surface area contributed by atoms with Crippen LogP contribution in [0.5, 0.6) is 5.75 Å². The second-order valence-corrected chi connectivity index (χ2v) is 5.28. The number of hydrogen-bond acceptors (Lipinski definition) is 7. The molecule has 0 heterocycles. The van der Waals surface area contributed by atoms with E-state index in [4.69, 9.17) is 14.7 Å². The summed E-state index contributed by atoms with van der Waals surface area (Å²) in [5, 5.41) is 21.7. The van der Waals surface area contributed by atoms with Gasteiger partial charge in [-0.2, -0.15) is 5.26 Å². The van der Waals surface area contributed by atoms with E-state index in [1.54, 1.807) is 24.3 Å². The third-order valence-electron chi connectivity index (χ3n) is 3.32. The van der Waals surface area contributed by atoms with Crippen LogP contribution in [0.4, 0.5) is 11.4 Å². The fraction of sp³-hybridized carbons (Fsp3) is 0.105. The summed E-state index contributed by atoms with van der Waals surface area (Å²) in [6, 6.07) is 14.1. The van der Waals surface area contributed by atoms with Gasteiger partial charge in [0.2, 0.25) is 0 Å². The quantitative estimate of drug-likeness (QED) is 0.322. The summed E-state index contributed by atoms with van der Waals surface area (Å²) in [5.74, 6) is -0.925. The van der Waals surface area contributed by atoms with Gasteiger partial charge >= 0.3 is 5.97 Å². The molecule has 2 aromatic rings. The highest BCUT2D eigenvalue weighted by Gasteiger charge is 2.15. The molecule has 0 radical (unpaired) electrons. The molecule has 0 fully saturated rings. The Morgan fingerprint density at radius 1 is 1.18 bits per heavy atom. The van der Waals surface area contributed by atoms with E-state index < -0.39 is 23.4 Å². The van der Waals surface area contributed by atoms with Crippen LogP contribution in [0.1, 0.15) is 5.56 Å².